The number of piperidine rings is 1. The Morgan fingerprint density at radius 3 is 2.65 bits per heavy atom. The summed E-state index contributed by atoms with van der Waals surface area (Å²) < 4.78 is 26.5. The number of carbonyl (C=O) groups excluding carboxylic acids is 1. The van der Waals surface area contributed by atoms with Gasteiger partial charge in [-0.15, -0.1) is 0 Å². The number of anilines is 2. The zero-order chi connectivity index (χ0) is 16.2. The van der Waals surface area contributed by atoms with Crippen LogP contribution in [0.3, 0.4) is 0 Å². The molecule has 5 nitrogen and oxygen atoms in total. The summed E-state index contributed by atoms with van der Waals surface area (Å²) in [7, 11) is 0. The largest absolute Gasteiger partial charge is 0.341 e. The number of hydrogen-bond acceptors (Lipinski definition) is 4. The molecule has 3 rings (SSSR count). The van der Waals surface area contributed by atoms with Crippen LogP contribution in [0.4, 0.5) is 20.4 Å². The van der Waals surface area contributed by atoms with Gasteiger partial charge in [0.2, 0.25) is 5.95 Å². The average molecular weight is 318 g/mol. The summed E-state index contributed by atoms with van der Waals surface area (Å²) in [6, 6.07) is 4.44. The molecule has 0 saturated carbocycles. The summed E-state index contributed by atoms with van der Waals surface area (Å²) in [5.41, 5.74) is 0.0545. The number of amides is 1. The van der Waals surface area contributed by atoms with Gasteiger partial charge in [0.15, 0.2) is 0 Å². The molecule has 1 aliphatic rings. The van der Waals surface area contributed by atoms with E-state index in [9.17, 15) is 13.6 Å². The molecule has 7 heteroatoms. The van der Waals surface area contributed by atoms with E-state index in [2.05, 4.69) is 15.3 Å². The first-order chi connectivity index (χ1) is 11.1. The van der Waals surface area contributed by atoms with Crippen molar-refractivity contribution < 1.29 is 13.6 Å². The van der Waals surface area contributed by atoms with E-state index in [1.165, 1.54) is 24.8 Å². The predicted molar refractivity (Wildman–Crippen MR) is 82.4 cm³/mol. The molecule has 0 aliphatic carbocycles. The van der Waals surface area contributed by atoms with Crippen molar-refractivity contribution in [3.8, 4) is 0 Å². The highest BCUT2D eigenvalue weighted by atomic mass is 19.1. The standard InChI is InChI=1S/C16H16F2N4O/c17-11-4-5-13(12(18)10-11)20-15(23)14-6-7-19-16(21-14)22-8-2-1-3-9-22/h4-7,10H,1-3,8-9H2,(H,20,23). The van der Waals surface area contributed by atoms with Crippen molar-refractivity contribution in [2.45, 2.75) is 19.3 Å². The number of carbonyl (C=O) groups is 1. The smallest absolute Gasteiger partial charge is 0.274 e. The SMILES string of the molecule is O=C(Nc1ccc(F)cc1F)c1ccnc(N2CCCCC2)n1. The molecular weight excluding hydrogens is 302 g/mol. The van der Waals surface area contributed by atoms with Gasteiger partial charge in [-0.3, -0.25) is 4.79 Å². The third-order valence-electron chi connectivity index (χ3n) is 3.69. The average Bonchev–Trinajstić information content (AvgIpc) is 2.58. The minimum absolute atomic E-state index is 0.0884. The van der Waals surface area contributed by atoms with Crippen LogP contribution >= 0.6 is 0 Å². The van der Waals surface area contributed by atoms with Crippen molar-refractivity contribution in [3.05, 3.63) is 47.8 Å². The van der Waals surface area contributed by atoms with Crippen LogP contribution in [0.5, 0.6) is 0 Å². The minimum Gasteiger partial charge on any atom is -0.341 e. The highest BCUT2D eigenvalue weighted by Gasteiger charge is 2.16. The van der Waals surface area contributed by atoms with E-state index in [4.69, 9.17) is 0 Å². The van der Waals surface area contributed by atoms with Crippen molar-refractivity contribution in [3.63, 3.8) is 0 Å². The molecule has 0 spiro atoms. The fraction of sp³-hybridized carbons (Fsp3) is 0.312. The summed E-state index contributed by atoms with van der Waals surface area (Å²) in [5.74, 6) is -1.59. The van der Waals surface area contributed by atoms with Gasteiger partial charge in [0.05, 0.1) is 5.69 Å². The van der Waals surface area contributed by atoms with E-state index in [0.29, 0.717) is 5.95 Å². The third kappa shape index (κ3) is 3.61. The maximum atomic E-state index is 13.6. The second-order valence-corrected chi connectivity index (χ2v) is 5.37. The highest BCUT2D eigenvalue weighted by Crippen LogP contribution is 2.18. The van der Waals surface area contributed by atoms with Crippen LogP contribution in [0.1, 0.15) is 29.8 Å². The lowest BCUT2D eigenvalue weighted by Gasteiger charge is -2.26. The van der Waals surface area contributed by atoms with Gasteiger partial charge in [-0.1, -0.05) is 0 Å². The summed E-state index contributed by atoms with van der Waals surface area (Å²) in [6.45, 7) is 1.72. The number of nitrogens with one attached hydrogen (secondary N) is 1. The minimum atomic E-state index is -0.830. The van der Waals surface area contributed by atoms with Gasteiger partial charge in [-0.05, 0) is 37.5 Å². The summed E-state index contributed by atoms with van der Waals surface area (Å²) >= 11 is 0. The number of aromatic nitrogens is 2. The van der Waals surface area contributed by atoms with Crippen LogP contribution in [-0.2, 0) is 0 Å². The lowest BCUT2D eigenvalue weighted by molar-refractivity contribution is 0.102. The van der Waals surface area contributed by atoms with E-state index in [1.807, 2.05) is 4.90 Å². The van der Waals surface area contributed by atoms with E-state index in [-0.39, 0.29) is 11.4 Å². The summed E-state index contributed by atoms with van der Waals surface area (Å²) in [5, 5.41) is 2.39. The Morgan fingerprint density at radius 1 is 1.13 bits per heavy atom. The number of benzene rings is 1. The Hall–Kier alpha value is -2.57. The van der Waals surface area contributed by atoms with Crippen molar-refractivity contribution in [1.29, 1.82) is 0 Å². The topological polar surface area (TPSA) is 58.1 Å². The quantitative estimate of drug-likeness (QED) is 0.945. The number of hydrogen-bond donors (Lipinski definition) is 1. The molecule has 1 saturated heterocycles. The van der Waals surface area contributed by atoms with Crippen LogP contribution in [-0.4, -0.2) is 29.0 Å². The second kappa shape index (κ2) is 6.68. The normalized spacial score (nSPS) is 14.6. The molecule has 0 bridgehead atoms. The van der Waals surface area contributed by atoms with Crippen molar-refractivity contribution in [1.82, 2.24) is 9.97 Å². The predicted octanol–water partition coefficient (Wildman–Crippen LogP) is 3.00. The van der Waals surface area contributed by atoms with Crippen molar-refractivity contribution in [2.75, 3.05) is 23.3 Å². The van der Waals surface area contributed by atoms with Gasteiger partial charge >= 0.3 is 0 Å². The number of nitrogens with zero attached hydrogens (tertiary/aromatic N) is 3. The molecule has 1 aliphatic heterocycles. The Labute approximate surface area is 132 Å². The lowest BCUT2D eigenvalue weighted by atomic mass is 10.1. The second-order valence-electron chi connectivity index (χ2n) is 5.37. The molecule has 1 amide bonds. The van der Waals surface area contributed by atoms with Gasteiger partial charge < -0.3 is 10.2 Å². The molecule has 120 valence electrons. The first-order valence-electron chi connectivity index (χ1n) is 7.48. The Morgan fingerprint density at radius 2 is 1.91 bits per heavy atom. The molecule has 2 aromatic rings. The van der Waals surface area contributed by atoms with E-state index in [1.54, 1.807) is 0 Å². The molecule has 1 aromatic heterocycles. The van der Waals surface area contributed by atoms with Crippen LogP contribution < -0.4 is 10.2 Å². The Bertz CT molecular complexity index is 717. The maximum absolute atomic E-state index is 13.6. The highest BCUT2D eigenvalue weighted by molar-refractivity contribution is 6.03. The third-order valence-corrected chi connectivity index (χ3v) is 3.69. The van der Waals surface area contributed by atoms with Gasteiger partial charge in [0, 0.05) is 25.4 Å². The Kier molecular flexibility index (Phi) is 4.45. The van der Waals surface area contributed by atoms with E-state index < -0.39 is 17.5 Å². The molecule has 0 atom stereocenters. The lowest BCUT2D eigenvalue weighted by Crippen LogP contribution is -2.31. The van der Waals surface area contributed by atoms with Crippen LogP contribution in [0, 0.1) is 11.6 Å². The first kappa shape index (κ1) is 15.3. The summed E-state index contributed by atoms with van der Waals surface area (Å²) in [4.78, 5) is 22.7. The number of rotatable bonds is 3. The van der Waals surface area contributed by atoms with Gasteiger partial charge in [0.25, 0.3) is 5.91 Å². The van der Waals surface area contributed by atoms with Gasteiger partial charge in [0.1, 0.15) is 17.3 Å². The molecule has 1 fully saturated rings. The van der Waals surface area contributed by atoms with Gasteiger partial charge in [-0.2, -0.15) is 0 Å². The molecule has 1 aromatic carbocycles. The zero-order valence-corrected chi connectivity index (χ0v) is 12.4. The number of halogens is 2. The zero-order valence-electron chi connectivity index (χ0n) is 12.4. The van der Waals surface area contributed by atoms with Crippen molar-refractivity contribution >= 4 is 17.5 Å². The van der Waals surface area contributed by atoms with Crippen LogP contribution in [0.2, 0.25) is 0 Å². The fourth-order valence-corrected chi connectivity index (χ4v) is 2.50. The van der Waals surface area contributed by atoms with Crippen LogP contribution in [0.25, 0.3) is 0 Å². The maximum Gasteiger partial charge on any atom is 0.274 e. The summed E-state index contributed by atoms with van der Waals surface area (Å²) in [6.07, 6.45) is 4.83. The Balaban J connectivity index is 1.76. The molecule has 1 N–H and O–H groups in total. The monoisotopic (exact) mass is 318 g/mol. The molecule has 0 radical (unpaired) electrons. The van der Waals surface area contributed by atoms with E-state index >= 15 is 0 Å². The fourth-order valence-electron chi connectivity index (χ4n) is 2.50. The molecule has 23 heavy (non-hydrogen) atoms. The molecule has 2 heterocycles. The van der Waals surface area contributed by atoms with Crippen LogP contribution in [0.15, 0.2) is 30.5 Å². The first-order valence-corrected chi connectivity index (χ1v) is 7.48. The molecular formula is C16H16F2N4O. The van der Waals surface area contributed by atoms with Crippen molar-refractivity contribution in [2.24, 2.45) is 0 Å². The van der Waals surface area contributed by atoms with Gasteiger partial charge in [-0.25, -0.2) is 18.7 Å². The molecule has 0 unspecified atom stereocenters. The van der Waals surface area contributed by atoms with E-state index in [0.717, 1.165) is 38.1 Å².